The van der Waals surface area contributed by atoms with Crippen molar-refractivity contribution < 1.29 is 0 Å². The minimum absolute atomic E-state index is 0.618. The summed E-state index contributed by atoms with van der Waals surface area (Å²) in [5.74, 6) is 1.45. The van der Waals surface area contributed by atoms with Gasteiger partial charge in [0, 0.05) is 34.3 Å². The molecule has 2 heterocycles. The standard InChI is InChI=1S/C14H14N4S/c1-9-7-16-14(15-2)18-13(9)17-11-8-19-12-6-4-3-5-10(11)12/h3-8H,1-2H3,(H2,15,16,17,18). The first kappa shape index (κ1) is 11.9. The molecule has 96 valence electrons. The number of fused-ring (bicyclic) bond motifs is 1. The molecule has 0 aliphatic heterocycles. The zero-order chi connectivity index (χ0) is 13.2. The molecule has 0 fully saturated rings. The SMILES string of the molecule is CNc1ncc(C)c(Nc2csc3ccccc23)n1. The van der Waals surface area contributed by atoms with Crippen LogP contribution in [0.2, 0.25) is 0 Å². The first-order valence-corrected chi connectivity index (χ1v) is 6.90. The molecule has 0 saturated carbocycles. The van der Waals surface area contributed by atoms with E-state index in [1.54, 1.807) is 11.3 Å². The van der Waals surface area contributed by atoms with E-state index >= 15 is 0 Å². The third kappa shape index (κ3) is 2.24. The lowest BCUT2D eigenvalue weighted by atomic mass is 10.2. The molecule has 0 bridgehead atoms. The fourth-order valence-electron chi connectivity index (χ4n) is 1.89. The Morgan fingerprint density at radius 2 is 2.05 bits per heavy atom. The fourth-order valence-corrected chi connectivity index (χ4v) is 2.78. The number of thiophene rings is 1. The highest BCUT2D eigenvalue weighted by atomic mass is 32.1. The van der Waals surface area contributed by atoms with E-state index in [2.05, 4.69) is 44.2 Å². The molecular formula is C14H14N4S. The smallest absolute Gasteiger partial charge is 0.224 e. The summed E-state index contributed by atoms with van der Waals surface area (Å²) in [5, 5.41) is 9.68. The molecule has 1 aromatic carbocycles. The molecule has 19 heavy (non-hydrogen) atoms. The van der Waals surface area contributed by atoms with Gasteiger partial charge in [0.15, 0.2) is 0 Å². The molecule has 2 aromatic heterocycles. The van der Waals surface area contributed by atoms with Crippen LogP contribution in [-0.4, -0.2) is 17.0 Å². The lowest BCUT2D eigenvalue weighted by molar-refractivity contribution is 1.12. The van der Waals surface area contributed by atoms with Crippen LogP contribution < -0.4 is 10.6 Å². The molecule has 5 heteroatoms. The number of hydrogen-bond donors (Lipinski definition) is 2. The number of benzene rings is 1. The van der Waals surface area contributed by atoms with Crippen LogP contribution in [0.5, 0.6) is 0 Å². The van der Waals surface area contributed by atoms with E-state index < -0.39 is 0 Å². The molecule has 0 aliphatic carbocycles. The van der Waals surface area contributed by atoms with Crippen LogP contribution >= 0.6 is 11.3 Å². The number of rotatable bonds is 3. The van der Waals surface area contributed by atoms with E-state index in [4.69, 9.17) is 0 Å². The summed E-state index contributed by atoms with van der Waals surface area (Å²) >= 11 is 1.73. The first-order valence-electron chi connectivity index (χ1n) is 6.02. The van der Waals surface area contributed by atoms with Crippen molar-refractivity contribution in [2.75, 3.05) is 17.7 Å². The van der Waals surface area contributed by atoms with Crippen molar-refractivity contribution in [3.63, 3.8) is 0 Å². The van der Waals surface area contributed by atoms with Gasteiger partial charge < -0.3 is 10.6 Å². The summed E-state index contributed by atoms with van der Waals surface area (Å²) in [6, 6.07) is 8.34. The Hall–Kier alpha value is -2.14. The maximum absolute atomic E-state index is 4.44. The van der Waals surface area contributed by atoms with Crippen molar-refractivity contribution in [1.29, 1.82) is 0 Å². The first-order chi connectivity index (χ1) is 9.28. The molecule has 0 radical (unpaired) electrons. The Balaban J connectivity index is 2.01. The molecule has 0 unspecified atom stereocenters. The highest BCUT2D eigenvalue weighted by Crippen LogP contribution is 2.32. The minimum atomic E-state index is 0.618. The van der Waals surface area contributed by atoms with Crippen molar-refractivity contribution >= 4 is 38.9 Å². The van der Waals surface area contributed by atoms with Gasteiger partial charge >= 0.3 is 0 Å². The van der Waals surface area contributed by atoms with E-state index in [1.807, 2.05) is 26.2 Å². The van der Waals surface area contributed by atoms with E-state index in [1.165, 1.54) is 10.1 Å². The van der Waals surface area contributed by atoms with Crippen LogP contribution in [0.3, 0.4) is 0 Å². The predicted octanol–water partition coefficient (Wildman–Crippen LogP) is 3.79. The molecule has 0 amide bonds. The Kier molecular flexibility index (Phi) is 3.05. The lowest BCUT2D eigenvalue weighted by Crippen LogP contribution is -2.02. The minimum Gasteiger partial charge on any atom is -0.357 e. The van der Waals surface area contributed by atoms with Crippen LogP contribution in [0, 0.1) is 6.92 Å². The van der Waals surface area contributed by atoms with Gasteiger partial charge in [-0.2, -0.15) is 4.98 Å². The summed E-state index contributed by atoms with van der Waals surface area (Å²) in [6.07, 6.45) is 1.82. The van der Waals surface area contributed by atoms with E-state index in [0.717, 1.165) is 17.1 Å². The van der Waals surface area contributed by atoms with Gasteiger partial charge in [-0.05, 0) is 13.0 Å². The van der Waals surface area contributed by atoms with Crippen LogP contribution in [0.25, 0.3) is 10.1 Å². The average molecular weight is 270 g/mol. The zero-order valence-corrected chi connectivity index (χ0v) is 11.6. The second-order valence-corrected chi connectivity index (χ2v) is 5.16. The molecule has 4 nitrogen and oxygen atoms in total. The van der Waals surface area contributed by atoms with Gasteiger partial charge in [-0.1, -0.05) is 18.2 Å². The lowest BCUT2D eigenvalue weighted by Gasteiger charge is -2.08. The van der Waals surface area contributed by atoms with Crippen molar-refractivity contribution in [3.8, 4) is 0 Å². The van der Waals surface area contributed by atoms with Gasteiger partial charge in [0.05, 0.1) is 5.69 Å². The normalized spacial score (nSPS) is 10.6. The Morgan fingerprint density at radius 3 is 2.89 bits per heavy atom. The van der Waals surface area contributed by atoms with E-state index in [9.17, 15) is 0 Å². The van der Waals surface area contributed by atoms with Crippen molar-refractivity contribution in [2.24, 2.45) is 0 Å². The average Bonchev–Trinajstić information content (AvgIpc) is 2.85. The highest BCUT2D eigenvalue weighted by molar-refractivity contribution is 7.17. The van der Waals surface area contributed by atoms with Crippen molar-refractivity contribution in [1.82, 2.24) is 9.97 Å². The molecule has 3 aromatic rings. The van der Waals surface area contributed by atoms with Crippen LogP contribution in [0.4, 0.5) is 17.5 Å². The van der Waals surface area contributed by atoms with Gasteiger partial charge in [0.1, 0.15) is 5.82 Å². The molecule has 3 rings (SSSR count). The maximum Gasteiger partial charge on any atom is 0.224 e. The Labute approximate surface area is 115 Å². The monoisotopic (exact) mass is 270 g/mol. The Morgan fingerprint density at radius 1 is 1.21 bits per heavy atom. The molecule has 0 saturated heterocycles. The number of aromatic nitrogens is 2. The third-order valence-corrected chi connectivity index (χ3v) is 3.89. The molecule has 0 atom stereocenters. The molecular weight excluding hydrogens is 256 g/mol. The van der Waals surface area contributed by atoms with Gasteiger partial charge in [-0.3, -0.25) is 0 Å². The molecule has 2 N–H and O–H groups in total. The number of anilines is 3. The molecule has 0 spiro atoms. The van der Waals surface area contributed by atoms with E-state index in [-0.39, 0.29) is 0 Å². The highest BCUT2D eigenvalue weighted by Gasteiger charge is 2.07. The van der Waals surface area contributed by atoms with Crippen molar-refractivity contribution in [3.05, 3.63) is 41.4 Å². The van der Waals surface area contributed by atoms with Crippen LogP contribution in [-0.2, 0) is 0 Å². The molecule has 0 aliphatic rings. The van der Waals surface area contributed by atoms with Crippen molar-refractivity contribution in [2.45, 2.75) is 6.92 Å². The van der Waals surface area contributed by atoms with Crippen LogP contribution in [0.15, 0.2) is 35.8 Å². The van der Waals surface area contributed by atoms with Gasteiger partial charge in [0.2, 0.25) is 5.95 Å². The number of aryl methyl sites for hydroxylation is 1. The maximum atomic E-state index is 4.44. The third-order valence-electron chi connectivity index (χ3n) is 2.93. The summed E-state index contributed by atoms with van der Waals surface area (Å²) < 4.78 is 1.27. The zero-order valence-electron chi connectivity index (χ0n) is 10.8. The number of nitrogens with one attached hydrogen (secondary N) is 2. The van der Waals surface area contributed by atoms with Gasteiger partial charge in [-0.15, -0.1) is 11.3 Å². The Bertz CT molecular complexity index is 720. The quantitative estimate of drug-likeness (QED) is 0.760. The second-order valence-electron chi connectivity index (χ2n) is 4.25. The topological polar surface area (TPSA) is 49.8 Å². The van der Waals surface area contributed by atoms with E-state index in [0.29, 0.717) is 5.95 Å². The fraction of sp³-hybridized carbons (Fsp3) is 0.143. The number of hydrogen-bond acceptors (Lipinski definition) is 5. The summed E-state index contributed by atoms with van der Waals surface area (Å²) in [7, 11) is 1.81. The summed E-state index contributed by atoms with van der Waals surface area (Å²) in [4.78, 5) is 8.63. The number of nitrogens with zero attached hydrogens (tertiary/aromatic N) is 2. The van der Waals surface area contributed by atoms with Crippen LogP contribution in [0.1, 0.15) is 5.56 Å². The predicted molar refractivity (Wildman–Crippen MR) is 81.4 cm³/mol. The summed E-state index contributed by atoms with van der Waals surface area (Å²) in [5.41, 5.74) is 2.11. The summed E-state index contributed by atoms with van der Waals surface area (Å²) in [6.45, 7) is 2.00. The second kappa shape index (κ2) is 4.85. The van der Waals surface area contributed by atoms with Gasteiger partial charge in [-0.25, -0.2) is 4.98 Å². The van der Waals surface area contributed by atoms with Gasteiger partial charge in [0.25, 0.3) is 0 Å². The largest absolute Gasteiger partial charge is 0.357 e.